The SMILES string of the molecule is CCCCCc1ccc(NC(=O)c2ccc3c(=O)n(C)c(=S)[nH]c3c2)cc1. The molecule has 2 aromatic carbocycles. The van der Waals surface area contributed by atoms with Crippen LogP contribution in [0.4, 0.5) is 5.69 Å². The number of benzene rings is 2. The van der Waals surface area contributed by atoms with E-state index < -0.39 is 0 Å². The van der Waals surface area contributed by atoms with E-state index in [-0.39, 0.29) is 11.5 Å². The van der Waals surface area contributed by atoms with E-state index in [1.807, 2.05) is 24.3 Å². The molecule has 0 bridgehead atoms. The average Bonchev–Trinajstić information content (AvgIpc) is 2.67. The molecule has 2 N–H and O–H groups in total. The number of fused-ring (bicyclic) bond motifs is 1. The van der Waals surface area contributed by atoms with Crippen molar-refractivity contribution in [3.8, 4) is 0 Å². The molecule has 0 aliphatic heterocycles. The van der Waals surface area contributed by atoms with Crippen molar-refractivity contribution in [2.24, 2.45) is 7.05 Å². The van der Waals surface area contributed by atoms with Gasteiger partial charge in [-0.25, -0.2) is 0 Å². The highest BCUT2D eigenvalue weighted by molar-refractivity contribution is 7.71. The molecule has 0 aliphatic carbocycles. The van der Waals surface area contributed by atoms with Crippen LogP contribution in [0.25, 0.3) is 10.9 Å². The van der Waals surface area contributed by atoms with Crippen molar-refractivity contribution in [3.63, 3.8) is 0 Å². The maximum Gasteiger partial charge on any atom is 0.261 e. The molecule has 0 saturated carbocycles. The Morgan fingerprint density at radius 2 is 1.89 bits per heavy atom. The highest BCUT2D eigenvalue weighted by atomic mass is 32.1. The number of hydrogen-bond acceptors (Lipinski definition) is 3. The van der Waals surface area contributed by atoms with Crippen LogP contribution in [0.15, 0.2) is 47.3 Å². The van der Waals surface area contributed by atoms with Gasteiger partial charge in [0.2, 0.25) is 0 Å². The Balaban J connectivity index is 1.77. The third-order valence-corrected chi connectivity index (χ3v) is 5.02. The van der Waals surface area contributed by atoms with E-state index in [1.165, 1.54) is 29.4 Å². The second kappa shape index (κ2) is 8.31. The largest absolute Gasteiger partial charge is 0.332 e. The monoisotopic (exact) mass is 381 g/mol. The number of aryl methyl sites for hydroxylation is 1. The number of aromatic nitrogens is 2. The van der Waals surface area contributed by atoms with Crippen LogP contribution in [0.1, 0.15) is 42.1 Å². The molecule has 0 fully saturated rings. The quantitative estimate of drug-likeness (QED) is 0.485. The number of amides is 1. The van der Waals surface area contributed by atoms with Gasteiger partial charge in [0.25, 0.3) is 11.5 Å². The predicted octanol–water partition coefficient (Wildman–Crippen LogP) is 4.58. The number of aromatic amines is 1. The minimum absolute atomic E-state index is 0.181. The first kappa shape index (κ1) is 19.0. The maximum atomic E-state index is 12.6. The lowest BCUT2D eigenvalue weighted by molar-refractivity contribution is 0.102. The van der Waals surface area contributed by atoms with Gasteiger partial charge in [-0.15, -0.1) is 0 Å². The zero-order valence-electron chi connectivity index (χ0n) is 15.5. The minimum Gasteiger partial charge on any atom is -0.332 e. The standard InChI is InChI=1S/C21H23N3O2S/c1-3-4-5-6-14-7-10-16(11-8-14)22-19(25)15-9-12-17-18(13-15)23-21(27)24(2)20(17)26/h7-13H,3-6H2,1-2H3,(H,22,25)(H,23,27). The lowest BCUT2D eigenvalue weighted by Crippen LogP contribution is -2.19. The molecular weight excluding hydrogens is 358 g/mol. The fourth-order valence-electron chi connectivity index (χ4n) is 2.98. The van der Waals surface area contributed by atoms with Crippen LogP contribution in [0.3, 0.4) is 0 Å². The fraction of sp³-hybridized carbons (Fsp3) is 0.286. The molecule has 0 unspecified atom stereocenters. The summed E-state index contributed by atoms with van der Waals surface area (Å²) in [5.41, 5.74) is 2.86. The van der Waals surface area contributed by atoms with Crippen LogP contribution in [0.2, 0.25) is 0 Å². The molecule has 0 spiro atoms. The van der Waals surface area contributed by atoms with Gasteiger partial charge in [-0.2, -0.15) is 0 Å². The van der Waals surface area contributed by atoms with Crippen molar-refractivity contribution < 1.29 is 4.79 Å². The van der Waals surface area contributed by atoms with Gasteiger partial charge in [-0.05, 0) is 61.0 Å². The predicted molar refractivity (Wildman–Crippen MR) is 112 cm³/mol. The summed E-state index contributed by atoms with van der Waals surface area (Å²) in [6, 6.07) is 12.9. The highest BCUT2D eigenvalue weighted by Crippen LogP contribution is 2.15. The molecule has 140 valence electrons. The summed E-state index contributed by atoms with van der Waals surface area (Å²) in [7, 11) is 1.62. The molecular formula is C21H23N3O2S. The molecule has 3 aromatic rings. The van der Waals surface area contributed by atoms with Gasteiger partial charge in [0, 0.05) is 18.3 Å². The Bertz CT molecular complexity index is 1080. The molecule has 0 atom stereocenters. The summed E-state index contributed by atoms with van der Waals surface area (Å²) in [6.45, 7) is 2.19. The van der Waals surface area contributed by atoms with Gasteiger partial charge in [0.15, 0.2) is 4.77 Å². The summed E-state index contributed by atoms with van der Waals surface area (Å²) in [4.78, 5) is 27.8. The van der Waals surface area contributed by atoms with Crippen molar-refractivity contribution in [2.75, 3.05) is 5.32 Å². The van der Waals surface area contributed by atoms with E-state index in [2.05, 4.69) is 17.2 Å². The van der Waals surface area contributed by atoms with Crippen molar-refractivity contribution in [3.05, 3.63) is 68.7 Å². The van der Waals surface area contributed by atoms with E-state index in [1.54, 1.807) is 25.2 Å². The van der Waals surface area contributed by atoms with Crippen LogP contribution in [-0.2, 0) is 13.5 Å². The first-order valence-electron chi connectivity index (χ1n) is 9.13. The number of carbonyl (C=O) groups is 1. The number of carbonyl (C=O) groups excluding carboxylic acids is 1. The Labute approximate surface area is 163 Å². The van der Waals surface area contributed by atoms with Crippen molar-refractivity contribution in [1.82, 2.24) is 9.55 Å². The number of hydrogen-bond donors (Lipinski definition) is 2. The molecule has 0 radical (unpaired) electrons. The van der Waals surface area contributed by atoms with Crippen LogP contribution in [0, 0.1) is 4.77 Å². The van der Waals surface area contributed by atoms with Gasteiger partial charge in [-0.1, -0.05) is 31.9 Å². The first-order chi connectivity index (χ1) is 13.0. The van der Waals surface area contributed by atoms with E-state index in [0.29, 0.717) is 21.2 Å². The zero-order chi connectivity index (χ0) is 19.4. The number of unbranched alkanes of at least 4 members (excludes halogenated alkanes) is 2. The summed E-state index contributed by atoms with van der Waals surface area (Å²) in [5.74, 6) is -0.226. The van der Waals surface area contributed by atoms with Crippen LogP contribution in [-0.4, -0.2) is 15.5 Å². The molecule has 3 rings (SSSR count). The third-order valence-electron chi connectivity index (χ3n) is 4.64. The topological polar surface area (TPSA) is 66.9 Å². The number of H-pyrrole nitrogens is 1. The second-order valence-electron chi connectivity index (χ2n) is 6.66. The third kappa shape index (κ3) is 4.34. The molecule has 0 saturated heterocycles. The van der Waals surface area contributed by atoms with E-state index >= 15 is 0 Å². The summed E-state index contributed by atoms with van der Waals surface area (Å²) >= 11 is 5.14. The second-order valence-corrected chi connectivity index (χ2v) is 7.05. The summed E-state index contributed by atoms with van der Waals surface area (Å²) in [5, 5.41) is 3.39. The van der Waals surface area contributed by atoms with Gasteiger partial charge >= 0.3 is 0 Å². The van der Waals surface area contributed by atoms with Crippen LogP contribution in [0.5, 0.6) is 0 Å². The lowest BCUT2D eigenvalue weighted by atomic mass is 10.1. The number of rotatable bonds is 6. The van der Waals surface area contributed by atoms with E-state index in [4.69, 9.17) is 12.2 Å². The Morgan fingerprint density at radius 1 is 1.15 bits per heavy atom. The Hall–Kier alpha value is -2.73. The summed E-state index contributed by atoms with van der Waals surface area (Å²) in [6.07, 6.45) is 4.67. The Morgan fingerprint density at radius 3 is 2.59 bits per heavy atom. The van der Waals surface area contributed by atoms with Gasteiger partial charge in [0.05, 0.1) is 10.9 Å². The number of nitrogens with zero attached hydrogens (tertiary/aromatic N) is 1. The lowest BCUT2D eigenvalue weighted by Gasteiger charge is -2.08. The van der Waals surface area contributed by atoms with Gasteiger partial charge in [-0.3, -0.25) is 14.2 Å². The molecule has 1 aromatic heterocycles. The van der Waals surface area contributed by atoms with Gasteiger partial charge < -0.3 is 10.3 Å². The first-order valence-corrected chi connectivity index (χ1v) is 9.54. The van der Waals surface area contributed by atoms with Crippen molar-refractivity contribution in [2.45, 2.75) is 32.6 Å². The number of anilines is 1. The smallest absolute Gasteiger partial charge is 0.261 e. The van der Waals surface area contributed by atoms with Crippen LogP contribution < -0.4 is 10.9 Å². The number of nitrogens with one attached hydrogen (secondary N) is 2. The van der Waals surface area contributed by atoms with Crippen LogP contribution >= 0.6 is 12.2 Å². The minimum atomic E-state index is -0.226. The molecule has 27 heavy (non-hydrogen) atoms. The molecule has 0 aliphatic rings. The molecule has 5 nitrogen and oxygen atoms in total. The normalized spacial score (nSPS) is 10.9. The molecule has 1 amide bonds. The zero-order valence-corrected chi connectivity index (χ0v) is 16.4. The molecule has 1 heterocycles. The fourth-order valence-corrected chi connectivity index (χ4v) is 3.18. The maximum absolute atomic E-state index is 12.6. The van der Waals surface area contributed by atoms with Gasteiger partial charge in [0.1, 0.15) is 0 Å². The van der Waals surface area contributed by atoms with E-state index in [0.717, 1.165) is 12.1 Å². The van der Waals surface area contributed by atoms with Crippen molar-refractivity contribution >= 4 is 34.7 Å². The Kier molecular flexibility index (Phi) is 5.86. The van der Waals surface area contributed by atoms with E-state index in [9.17, 15) is 9.59 Å². The average molecular weight is 382 g/mol. The highest BCUT2D eigenvalue weighted by Gasteiger charge is 2.10. The van der Waals surface area contributed by atoms with Crippen molar-refractivity contribution in [1.29, 1.82) is 0 Å². The molecule has 6 heteroatoms. The summed E-state index contributed by atoms with van der Waals surface area (Å²) < 4.78 is 1.70.